The summed E-state index contributed by atoms with van der Waals surface area (Å²) in [5.41, 5.74) is 3.50. The summed E-state index contributed by atoms with van der Waals surface area (Å²) in [7, 11) is 0. The van der Waals surface area contributed by atoms with E-state index >= 15 is 0 Å². The summed E-state index contributed by atoms with van der Waals surface area (Å²) in [4.78, 5) is 24.1. The Morgan fingerprint density at radius 3 is 2.67 bits per heavy atom. The molecule has 5 rings (SSSR count). The average molecular weight is 517 g/mol. The molecule has 4 aromatic rings. The minimum Gasteiger partial charge on any atom is -0.286 e. The second-order valence-corrected chi connectivity index (χ2v) is 12.0. The first kappa shape index (κ1) is 24.3. The Balaban J connectivity index is 1.52. The number of hydrogen-bond acceptors (Lipinski definition) is 7. The molecule has 0 saturated heterocycles. The van der Waals surface area contributed by atoms with E-state index in [2.05, 4.69) is 53.2 Å². The van der Waals surface area contributed by atoms with E-state index in [1.807, 2.05) is 54.8 Å². The van der Waals surface area contributed by atoms with Gasteiger partial charge in [0.05, 0.1) is 17.1 Å². The fraction of sp³-hybridized carbons (Fsp3) is 0.296. The van der Waals surface area contributed by atoms with Crippen LogP contribution < -0.4 is 5.56 Å². The molecule has 0 radical (unpaired) electrons. The van der Waals surface area contributed by atoms with Gasteiger partial charge in [-0.3, -0.25) is 9.89 Å². The van der Waals surface area contributed by atoms with Gasteiger partial charge >= 0.3 is 5.56 Å². The van der Waals surface area contributed by atoms with Gasteiger partial charge in [0.15, 0.2) is 5.69 Å². The fourth-order valence-corrected chi connectivity index (χ4v) is 5.62. The van der Waals surface area contributed by atoms with Crippen molar-refractivity contribution >= 4 is 33.5 Å². The van der Waals surface area contributed by atoms with Crippen LogP contribution in [0.1, 0.15) is 49.4 Å². The van der Waals surface area contributed by atoms with Gasteiger partial charge in [-0.05, 0) is 25.2 Å². The molecule has 184 valence electrons. The van der Waals surface area contributed by atoms with Gasteiger partial charge in [-0.25, -0.2) is 9.97 Å². The first-order valence-corrected chi connectivity index (χ1v) is 13.6. The summed E-state index contributed by atoms with van der Waals surface area (Å²) in [6, 6.07) is 9.68. The number of rotatable bonds is 6. The van der Waals surface area contributed by atoms with Crippen molar-refractivity contribution in [2.45, 2.75) is 46.5 Å². The summed E-state index contributed by atoms with van der Waals surface area (Å²) in [5, 5.41) is 15.2. The minimum atomic E-state index is -0.291. The monoisotopic (exact) mass is 516 g/mol. The van der Waals surface area contributed by atoms with E-state index in [1.165, 1.54) is 27.4 Å². The number of aryl methyl sites for hydroxylation is 1. The van der Waals surface area contributed by atoms with Gasteiger partial charge in [-0.2, -0.15) is 4.68 Å². The van der Waals surface area contributed by atoms with E-state index in [0.717, 1.165) is 34.7 Å². The zero-order valence-corrected chi connectivity index (χ0v) is 22.4. The Morgan fingerprint density at radius 2 is 1.94 bits per heavy atom. The topological polar surface area (TPSA) is 88.3 Å². The molecule has 1 unspecified atom stereocenters. The average Bonchev–Trinajstić information content (AvgIpc) is 3.56. The van der Waals surface area contributed by atoms with Crippen LogP contribution in [0.2, 0.25) is 0 Å². The van der Waals surface area contributed by atoms with Crippen molar-refractivity contribution in [3.63, 3.8) is 0 Å². The Morgan fingerprint density at radius 1 is 1.14 bits per heavy atom. The smallest absolute Gasteiger partial charge is 0.286 e. The highest BCUT2D eigenvalue weighted by atomic mass is 32.1. The van der Waals surface area contributed by atoms with E-state index in [9.17, 15) is 4.79 Å². The van der Waals surface area contributed by atoms with Crippen LogP contribution in [-0.2, 0) is 6.42 Å². The van der Waals surface area contributed by atoms with Crippen molar-refractivity contribution in [1.29, 1.82) is 0 Å². The van der Waals surface area contributed by atoms with Crippen LogP contribution in [0.5, 0.6) is 0 Å². The quantitative estimate of drug-likeness (QED) is 0.267. The highest BCUT2D eigenvalue weighted by molar-refractivity contribution is 7.15. The molecule has 3 heterocycles. The van der Waals surface area contributed by atoms with Crippen LogP contribution in [0.15, 0.2) is 75.0 Å². The molecule has 1 N–H and O–H groups in total. The predicted octanol–water partition coefficient (Wildman–Crippen LogP) is 7.66. The second kappa shape index (κ2) is 9.91. The molecule has 3 aromatic heterocycles. The molecule has 0 amide bonds. The van der Waals surface area contributed by atoms with E-state index in [4.69, 9.17) is 4.98 Å². The highest BCUT2D eigenvalue weighted by Crippen LogP contribution is 2.33. The van der Waals surface area contributed by atoms with Crippen molar-refractivity contribution in [1.82, 2.24) is 19.7 Å². The Bertz CT molecular complexity index is 1510. The summed E-state index contributed by atoms with van der Waals surface area (Å²) in [5.74, 6) is 0.217. The maximum Gasteiger partial charge on any atom is 0.301 e. The van der Waals surface area contributed by atoms with Crippen LogP contribution >= 0.6 is 22.7 Å². The van der Waals surface area contributed by atoms with Gasteiger partial charge in [-0.15, -0.1) is 21.6 Å². The molecule has 1 aromatic carbocycles. The van der Waals surface area contributed by atoms with Gasteiger partial charge in [0, 0.05) is 21.7 Å². The third kappa shape index (κ3) is 5.22. The molecule has 0 saturated carbocycles. The van der Waals surface area contributed by atoms with Crippen LogP contribution in [0.3, 0.4) is 0 Å². The van der Waals surface area contributed by atoms with Gasteiger partial charge in [0.1, 0.15) is 0 Å². The molecule has 0 spiro atoms. The van der Waals surface area contributed by atoms with E-state index < -0.39 is 0 Å². The number of thiazole rings is 2. The third-order valence-corrected chi connectivity index (χ3v) is 7.55. The van der Waals surface area contributed by atoms with Gasteiger partial charge in [-0.1, -0.05) is 86.7 Å². The SMILES string of the molecule is Cc1sc(N=Nc2c(-c3ccccc3)[nH]n(-c3nc(C4C=CC=CC4)cs3)c2=O)nc1CC(C)(C)C. The number of hydrogen-bond donors (Lipinski definition) is 1. The number of azo groups is 1. The summed E-state index contributed by atoms with van der Waals surface area (Å²) in [6.45, 7) is 8.61. The molecule has 36 heavy (non-hydrogen) atoms. The summed E-state index contributed by atoms with van der Waals surface area (Å²) < 4.78 is 1.46. The van der Waals surface area contributed by atoms with Crippen molar-refractivity contribution in [2.75, 3.05) is 0 Å². The Labute approximate surface area is 218 Å². The van der Waals surface area contributed by atoms with Gasteiger partial charge < -0.3 is 0 Å². The van der Waals surface area contributed by atoms with Crippen molar-refractivity contribution in [3.05, 3.63) is 86.6 Å². The Kier molecular flexibility index (Phi) is 6.68. The lowest BCUT2D eigenvalue weighted by Gasteiger charge is -2.16. The van der Waals surface area contributed by atoms with E-state index in [1.54, 1.807) is 0 Å². The maximum atomic E-state index is 13.5. The van der Waals surface area contributed by atoms with Crippen molar-refractivity contribution < 1.29 is 0 Å². The molecule has 1 aliphatic carbocycles. The molecule has 0 fully saturated rings. The molecule has 1 atom stereocenters. The molecule has 1 aliphatic rings. The zero-order valence-electron chi connectivity index (χ0n) is 20.7. The van der Waals surface area contributed by atoms with Crippen LogP contribution in [0.4, 0.5) is 10.8 Å². The van der Waals surface area contributed by atoms with Crippen LogP contribution in [0, 0.1) is 12.3 Å². The minimum absolute atomic E-state index is 0.123. The normalized spacial score (nSPS) is 15.8. The number of nitrogens with zero attached hydrogens (tertiary/aromatic N) is 5. The number of nitrogens with one attached hydrogen (secondary N) is 1. The van der Waals surface area contributed by atoms with Crippen molar-refractivity contribution in [3.8, 4) is 16.4 Å². The number of aromatic nitrogens is 4. The van der Waals surface area contributed by atoms with Crippen LogP contribution in [-0.4, -0.2) is 19.7 Å². The van der Waals surface area contributed by atoms with Crippen LogP contribution in [0.25, 0.3) is 16.4 Å². The molecule has 0 aliphatic heterocycles. The third-order valence-electron chi connectivity index (χ3n) is 5.80. The lowest BCUT2D eigenvalue weighted by Crippen LogP contribution is -2.14. The van der Waals surface area contributed by atoms with Crippen molar-refractivity contribution in [2.24, 2.45) is 15.6 Å². The van der Waals surface area contributed by atoms with Gasteiger partial charge in [0.2, 0.25) is 10.3 Å². The number of benzene rings is 1. The molecule has 9 heteroatoms. The first-order chi connectivity index (χ1) is 17.3. The largest absolute Gasteiger partial charge is 0.301 e. The van der Waals surface area contributed by atoms with E-state index in [-0.39, 0.29) is 22.6 Å². The lowest BCUT2D eigenvalue weighted by atomic mass is 9.90. The number of allylic oxidation sites excluding steroid dienone is 4. The molecular formula is C27H28N6OS2. The summed E-state index contributed by atoms with van der Waals surface area (Å²) >= 11 is 2.92. The maximum absolute atomic E-state index is 13.5. The highest BCUT2D eigenvalue weighted by Gasteiger charge is 2.21. The molecular weight excluding hydrogens is 488 g/mol. The van der Waals surface area contributed by atoms with Gasteiger partial charge in [0.25, 0.3) is 0 Å². The molecule has 7 nitrogen and oxygen atoms in total. The van der Waals surface area contributed by atoms with E-state index in [0.29, 0.717) is 16.0 Å². The molecule has 0 bridgehead atoms. The standard InChI is InChI=1S/C27H28N6OS2/c1-17-20(15-27(2,3)4)28-25(36-17)31-30-23-22(19-13-9-6-10-14-19)32-33(24(23)34)26-29-21(16-35-26)18-11-7-5-8-12-18/h5-11,13-14,16,18,32H,12,15H2,1-4H3. The first-order valence-electron chi connectivity index (χ1n) is 11.9. The second-order valence-electron chi connectivity index (χ2n) is 9.99. The predicted molar refractivity (Wildman–Crippen MR) is 147 cm³/mol. The zero-order chi connectivity index (χ0) is 25.3. The summed E-state index contributed by atoms with van der Waals surface area (Å²) in [6.07, 6.45) is 10.1. The lowest BCUT2D eigenvalue weighted by molar-refractivity contribution is 0.406. The Hall–Kier alpha value is -3.43. The number of H-pyrrole nitrogens is 1. The fourth-order valence-electron chi connectivity index (χ4n) is 4.03. The number of aromatic amines is 1.